The first-order valence-corrected chi connectivity index (χ1v) is 57.6. The van der Waals surface area contributed by atoms with Crippen LogP contribution in [0, 0.1) is 55.2 Å². The summed E-state index contributed by atoms with van der Waals surface area (Å²) in [4.78, 5) is 55.4. The second kappa shape index (κ2) is 48.0. The molecule has 0 radical (unpaired) electrons. The van der Waals surface area contributed by atoms with Crippen LogP contribution in [-0.4, -0.2) is 116 Å². The number of aromatic hydroxyl groups is 4. The molecule has 0 spiro atoms. The van der Waals surface area contributed by atoms with E-state index in [1.807, 2.05) is 45.9 Å². The molecule has 4 heterocycles. The minimum absolute atomic E-state index is 0. The van der Waals surface area contributed by atoms with E-state index in [0.717, 1.165) is 187 Å². The molecule has 2 saturated carbocycles. The van der Waals surface area contributed by atoms with Gasteiger partial charge in [0.15, 0.2) is 0 Å². The molecule has 0 aromatic heterocycles. The number of allylic oxidation sites excluding steroid dienone is 6. The summed E-state index contributed by atoms with van der Waals surface area (Å²) >= 11 is 39.7. The summed E-state index contributed by atoms with van der Waals surface area (Å²) in [5, 5.41) is 42.8. The van der Waals surface area contributed by atoms with Gasteiger partial charge in [-0.2, -0.15) is 0 Å². The smallest absolute Gasteiger partial charge is 0.338 e. The zero-order chi connectivity index (χ0) is 100. The van der Waals surface area contributed by atoms with Crippen molar-refractivity contribution in [1.29, 1.82) is 0 Å². The molecule has 12 nitrogen and oxygen atoms in total. The van der Waals surface area contributed by atoms with Gasteiger partial charge in [0.05, 0.1) is 30.9 Å². The van der Waals surface area contributed by atoms with E-state index in [9.17, 15) is 39.6 Å². The first kappa shape index (κ1) is 117. The van der Waals surface area contributed by atoms with Crippen LogP contribution in [0.2, 0.25) is 0 Å². The van der Waals surface area contributed by atoms with Crippen molar-refractivity contribution in [2.24, 2.45) is 55.2 Å². The van der Waals surface area contributed by atoms with Gasteiger partial charge in [-0.1, -0.05) is 310 Å². The molecule has 22 heteroatoms. The van der Waals surface area contributed by atoms with Crippen LogP contribution in [0.1, 0.15) is 364 Å². The fraction of sp³-hybridized carbons (Fsp3) is 0.646. The Morgan fingerprint density at radius 3 is 0.904 bits per heavy atom. The van der Waals surface area contributed by atoms with E-state index in [1.165, 1.54) is 33.4 Å². The van der Waals surface area contributed by atoms with Crippen LogP contribution in [0.15, 0.2) is 144 Å². The molecule has 18 atom stereocenters. The van der Waals surface area contributed by atoms with Crippen molar-refractivity contribution in [3.63, 3.8) is 0 Å². The van der Waals surface area contributed by atoms with Gasteiger partial charge in [0, 0.05) is 49.4 Å². The van der Waals surface area contributed by atoms with Crippen LogP contribution < -0.4 is 0 Å². The summed E-state index contributed by atoms with van der Waals surface area (Å²) in [6, 6.07) is 20.4. The molecule has 8 bridgehead atoms. The summed E-state index contributed by atoms with van der Waals surface area (Å²) in [7, 11) is 0. The molecule has 2 fully saturated rings. The van der Waals surface area contributed by atoms with E-state index in [-0.39, 0.29) is 143 Å². The van der Waals surface area contributed by atoms with Gasteiger partial charge in [-0.3, -0.25) is 0 Å². The highest BCUT2D eigenvalue weighted by molar-refractivity contribution is 9.11. The molecule has 752 valence electrons. The van der Waals surface area contributed by atoms with Crippen LogP contribution >= 0.6 is 159 Å². The maximum atomic E-state index is 13.2. The average molecular weight is 2510 g/mol. The average Bonchev–Trinajstić information content (AvgIpc) is 1.38. The van der Waals surface area contributed by atoms with Crippen LogP contribution in [-0.2, 0) is 44.6 Å². The number of hydrogen-bond acceptors (Lipinski definition) is 12. The Balaban J connectivity index is 0.000000221. The second-order valence-corrected chi connectivity index (χ2v) is 58.4. The van der Waals surface area contributed by atoms with Gasteiger partial charge in [-0.05, 0) is 386 Å². The molecular formula is C113H158Br10O12. The number of carbonyl (C=O) groups excluding carboxylic acids is 4. The molecule has 12 rings (SSSR count). The van der Waals surface area contributed by atoms with Gasteiger partial charge in [-0.25, -0.2) is 19.2 Å². The third-order valence-electron chi connectivity index (χ3n) is 32.6. The number of esters is 4. The highest BCUT2D eigenvalue weighted by Gasteiger charge is 2.51. The van der Waals surface area contributed by atoms with Crippen LogP contribution in [0.4, 0.5) is 0 Å². The third kappa shape index (κ3) is 29.3. The molecule has 4 N–H and O–H groups in total. The number of cyclic esters (lactones) is 4. The Bertz CT molecular complexity index is 4950. The molecule has 0 saturated heterocycles. The van der Waals surface area contributed by atoms with E-state index in [2.05, 4.69) is 296 Å². The number of halogens is 10. The SMILES string of the molecule is C.C=C(C)[C@@H]1CCC(C)(C)[C@H](Br)CC[C@@]2(C)C(=C(C)CC[C@@H]2Br)Cc2cc(ccc2O)C(=O)O1.C=C(C)[C@@H]1CCC(C)(C)[C@H](Br)CC[C@@]2(C)[C@H](Cc3cc(ccc3O)C(=O)O1)C(=C)CC[C@@H]2Br.C=C1CC[C@H](Br)[C@@]2(C)CC[C@@H](Br)C(C)(C)CC[C@@H](C(C)(C)Br)OC(=O)c3ccc(O)c(c3)C[C@H]12.CC1=C2Cc3cc(ccc3O)C(=O)O[C@H](C(C)(C)Br)CCC(C)(C)[C@H](Br)CC[C@]2(C)[C@@H](Br)CC1. The number of hydrogen-bond donors (Lipinski definition) is 4. The largest absolute Gasteiger partial charge is 0.508 e. The van der Waals surface area contributed by atoms with Gasteiger partial charge in [0.1, 0.15) is 47.4 Å². The predicted octanol–water partition coefficient (Wildman–Crippen LogP) is 34.7. The van der Waals surface area contributed by atoms with E-state index >= 15 is 0 Å². The molecule has 8 aliphatic rings. The summed E-state index contributed by atoms with van der Waals surface area (Å²) in [6.07, 6.45) is 24.9. The molecule has 4 aliphatic heterocycles. The molecule has 4 aromatic rings. The number of phenolic OH excluding ortho intramolecular Hbond substituents is 4. The summed E-state index contributed by atoms with van der Waals surface area (Å²) in [5.41, 5.74) is 14.9. The molecular weight excluding hydrogens is 2350 g/mol. The lowest BCUT2D eigenvalue weighted by molar-refractivity contribution is 0.0171. The van der Waals surface area contributed by atoms with Gasteiger partial charge in [-0.15, -0.1) is 0 Å². The molecule has 4 aromatic carbocycles. The van der Waals surface area contributed by atoms with Crippen molar-refractivity contribution in [2.75, 3.05) is 0 Å². The topological polar surface area (TPSA) is 186 Å². The number of carbonyl (C=O) groups is 4. The molecule has 0 amide bonds. The number of rotatable bonds is 4. The van der Waals surface area contributed by atoms with Gasteiger partial charge in [0.25, 0.3) is 0 Å². The molecule has 4 aliphatic carbocycles. The Morgan fingerprint density at radius 2 is 0.615 bits per heavy atom. The maximum absolute atomic E-state index is 13.2. The monoisotopic (exact) mass is 2500 g/mol. The lowest BCUT2D eigenvalue weighted by atomic mass is 9.61. The lowest BCUT2D eigenvalue weighted by Gasteiger charge is -2.48. The Kier molecular flexibility index (Phi) is 41.8. The normalized spacial score (nSPS) is 32.0. The number of ether oxygens (including phenoxy) is 4. The zero-order valence-corrected chi connectivity index (χ0v) is 99.3. The summed E-state index contributed by atoms with van der Waals surface area (Å²) in [6.45, 7) is 61.4. The second-order valence-electron chi connectivity index (χ2n) is 45.5. The summed E-state index contributed by atoms with van der Waals surface area (Å²) < 4.78 is 23.2. The first-order chi connectivity index (χ1) is 62.0. The predicted molar refractivity (Wildman–Crippen MR) is 597 cm³/mol. The van der Waals surface area contributed by atoms with Crippen LogP contribution in [0.25, 0.3) is 0 Å². The summed E-state index contributed by atoms with van der Waals surface area (Å²) in [5.74, 6) is -0.0677. The minimum Gasteiger partial charge on any atom is -0.508 e. The van der Waals surface area contributed by atoms with Crippen molar-refractivity contribution < 1.29 is 58.6 Å². The van der Waals surface area contributed by atoms with E-state index < -0.39 is 0 Å². The highest BCUT2D eigenvalue weighted by atomic mass is 79.9. The Labute approximate surface area is 896 Å². The van der Waals surface area contributed by atoms with E-state index in [0.29, 0.717) is 86.6 Å². The van der Waals surface area contributed by atoms with Crippen molar-refractivity contribution >= 4 is 183 Å². The Hall–Kier alpha value is -2.80. The minimum atomic E-state index is -0.365. The van der Waals surface area contributed by atoms with Crippen molar-refractivity contribution in [3.05, 3.63) is 188 Å². The standard InChI is InChI=1S/2C28H39Br3O3.2C28H38Br2O3.CH4/c2*1-17-7-10-23(30)28(6)14-11-22(29)26(2,3)13-12-24(27(4,5)31)34-25(33)18-8-9-21(32)19(15-18)16-20(17)28;2*1-17(2)23-11-13-27(4,5)24(29)12-14-28(6)21(18(3)7-10-25(28)30)16-20-15-19(26(32)33-23)8-9-22(20)31;/h8-9,15,22-24,32H,7,10-14,16H2,1-6H3;8-9,15,20,22-24,32H,1,7,10-14,16H2,2-6H3;8-9,15,23-25,31H,1,7,10-14,16H2,2-6H3;8-9,15,21,23-25,31H,1,3,7,10-14,16H2,2,4-6H3;1H4/t22-,23+,24+,28+;20-,22-,23+,24+,28+;23-,24+,25-,28-;21-,23+,24-,25+,28+;/m1101./s1. The number of alkyl halides is 10. The van der Waals surface area contributed by atoms with E-state index in [1.54, 1.807) is 54.6 Å². The quantitative estimate of drug-likeness (QED) is 0.0657. The number of benzene rings is 4. The first-order valence-electron chi connectivity index (χ1n) is 48.7. The van der Waals surface area contributed by atoms with Gasteiger partial charge in [0.2, 0.25) is 0 Å². The number of fused-ring (bicyclic) bond motifs is 12. The van der Waals surface area contributed by atoms with Gasteiger partial charge < -0.3 is 39.4 Å². The van der Waals surface area contributed by atoms with Crippen molar-refractivity contribution in [3.8, 4) is 23.0 Å². The third-order valence-corrected chi connectivity index (χ3v) is 46.3. The maximum Gasteiger partial charge on any atom is 0.338 e. The zero-order valence-electron chi connectivity index (χ0n) is 83.5. The highest BCUT2D eigenvalue weighted by Crippen LogP contribution is 2.59. The lowest BCUT2D eigenvalue weighted by Crippen LogP contribution is -2.43. The fourth-order valence-corrected chi connectivity index (χ4v) is 27.1. The molecule has 0 unspecified atom stereocenters. The Morgan fingerprint density at radius 1 is 0.356 bits per heavy atom. The van der Waals surface area contributed by atoms with Crippen molar-refractivity contribution in [2.45, 2.75) is 397 Å². The number of phenols is 4. The van der Waals surface area contributed by atoms with Crippen LogP contribution in [0.5, 0.6) is 23.0 Å². The van der Waals surface area contributed by atoms with Crippen molar-refractivity contribution in [1.82, 2.24) is 0 Å². The van der Waals surface area contributed by atoms with E-state index in [4.69, 9.17) is 18.9 Å². The molecule has 135 heavy (non-hydrogen) atoms. The van der Waals surface area contributed by atoms with Gasteiger partial charge >= 0.3 is 23.9 Å². The van der Waals surface area contributed by atoms with Crippen LogP contribution in [0.3, 0.4) is 0 Å². The fourth-order valence-electron chi connectivity index (χ4n) is 21.6.